The quantitative estimate of drug-likeness (QED) is 0.830. The number of aromatic nitrogens is 2. The number of carbonyl (C=O) groups is 1. The molecule has 4 saturated carbocycles. The molecule has 4 aliphatic rings. The number of nitrogens with one attached hydrogen (secondary N) is 1. The molecule has 1 aromatic heterocycles. The largest absolute Gasteiger partial charge is 0.390 e. The summed E-state index contributed by atoms with van der Waals surface area (Å²) in [4.78, 5) is 34.4. The second-order valence-corrected chi connectivity index (χ2v) is 9.96. The van der Waals surface area contributed by atoms with Crippen LogP contribution >= 0.6 is 0 Å². The van der Waals surface area contributed by atoms with Crippen molar-refractivity contribution in [1.29, 1.82) is 0 Å². The zero-order chi connectivity index (χ0) is 19.4. The highest BCUT2D eigenvalue weighted by Gasteiger charge is 2.52. The predicted octanol–water partition coefficient (Wildman–Crippen LogP) is 2.47. The van der Waals surface area contributed by atoms with Crippen LogP contribution in [0.2, 0.25) is 0 Å². The first-order chi connectivity index (χ1) is 12.7. The summed E-state index contributed by atoms with van der Waals surface area (Å²) < 4.78 is 0. The molecule has 4 fully saturated rings. The van der Waals surface area contributed by atoms with Crippen LogP contribution in [0.3, 0.4) is 0 Å². The zero-order valence-corrected chi connectivity index (χ0v) is 16.6. The highest BCUT2D eigenvalue weighted by Crippen LogP contribution is 2.59. The molecule has 0 aromatic carbocycles. The molecule has 1 aromatic rings. The fraction of sp³-hybridized carbons (Fsp3) is 0.762. The number of hydrogen-bond donors (Lipinski definition) is 2. The molecular formula is C21H31N3O3. The Kier molecular flexibility index (Phi) is 4.45. The van der Waals surface area contributed by atoms with Crippen molar-refractivity contribution < 1.29 is 9.90 Å². The number of amides is 1. The summed E-state index contributed by atoms with van der Waals surface area (Å²) in [6, 6.07) is 0. The third-order valence-electron chi connectivity index (χ3n) is 6.98. The molecule has 1 heterocycles. The Morgan fingerprint density at radius 2 is 1.81 bits per heavy atom. The van der Waals surface area contributed by atoms with Gasteiger partial charge in [-0.3, -0.25) is 9.59 Å². The molecule has 0 saturated heterocycles. The maximum Gasteiger partial charge on any atom is 0.263 e. The van der Waals surface area contributed by atoms with Crippen LogP contribution in [0.5, 0.6) is 0 Å². The van der Waals surface area contributed by atoms with E-state index in [1.807, 2.05) is 0 Å². The summed E-state index contributed by atoms with van der Waals surface area (Å²) in [5.41, 5.74) is -1.08. The van der Waals surface area contributed by atoms with Crippen molar-refractivity contribution in [3.63, 3.8) is 0 Å². The van der Waals surface area contributed by atoms with E-state index in [0.717, 1.165) is 42.8 Å². The minimum absolute atomic E-state index is 0.0162. The maximum absolute atomic E-state index is 12.7. The van der Waals surface area contributed by atoms with Crippen molar-refractivity contribution >= 4 is 5.91 Å². The van der Waals surface area contributed by atoms with Crippen molar-refractivity contribution in [3.05, 3.63) is 27.9 Å². The average molecular weight is 373 g/mol. The molecule has 6 nitrogen and oxygen atoms in total. The van der Waals surface area contributed by atoms with Gasteiger partial charge in [-0.1, -0.05) is 0 Å². The molecule has 4 bridgehead atoms. The van der Waals surface area contributed by atoms with Gasteiger partial charge in [0.2, 0.25) is 0 Å². The van der Waals surface area contributed by atoms with Gasteiger partial charge in [-0.15, -0.1) is 0 Å². The summed E-state index contributed by atoms with van der Waals surface area (Å²) >= 11 is 0. The van der Waals surface area contributed by atoms with Crippen molar-refractivity contribution in [1.82, 2.24) is 14.9 Å². The van der Waals surface area contributed by atoms with Gasteiger partial charge in [-0.2, -0.15) is 0 Å². The number of H-pyrrole nitrogens is 1. The summed E-state index contributed by atoms with van der Waals surface area (Å²) in [6.45, 7) is 3.80. The predicted molar refractivity (Wildman–Crippen MR) is 103 cm³/mol. The summed E-state index contributed by atoms with van der Waals surface area (Å²) in [7, 11) is 1.65. The number of carbonyl (C=O) groups excluding carboxylic acids is 1. The van der Waals surface area contributed by atoms with Gasteiger partial charge in [-0.05, 0) is 76.5 Å². The Morgan fingerprint density at radius 3 is 2.30 bits per heavy atom. The second-order valence-electron chi connectivity index (χ2n) is 9.96. The molecule has 0 radical (unpaired) electrons. The minimum Gasteiger partial charge on any atom is -0.390 e. The Bertz CT molecular complexity index is 757. The lowest BCUT2D eigenvalue weighted by atomic mass is 9.49. The summed E-state index contributed by atoms with van der Waals surface area (Å²) in [5, 5.41) is 9.84. The molecule has 4 aliphatic carbocycles. The lowest BCUT2D eigenvalue weighted by Gasteiger charge is -2.56. The van der Waals surface area contributed by atoms with E-state index in [1.165, 1.54) is 30.4 Å². The van der Waals surface area contributed by atoms with Gasteiger partial charge in [0.25, 0.3) is 11.5 Å². The van der Waals surface area contributed by atoms with Crippen LogP contribution in [0, 0.1) is 17.8 Å². The Hall–Kier alpha value is -1.69. The average Bonchev–Trinajstić information content (AvgIpc) is 2.57. The van der Waals surface area contributed by atoms with Crippen LogP contribution in [-0.4, -0.2) is 45.1 Å². The first kappa shape index (κ1) is 18.7. The monoisotopic (exact) mass is 373 g/mol. The molecule has 0 aliphatic heterocycles. The van der Waals surface area contributed by atoms with Crippen LogP contribution in [0.15, 0.2) is 11.0 Å². The molecule has 2 N–H and O–H groups in total. The topological polar surface area (TPSA) is 86.3 Å². The van der Waals surface area contributed by atoms with Crippen LogP contribution in [0.4, 0.5) is 0 Å². The Labute approximate surface area is 160 Å². The van der Waals surface area contributed by atoms with Crippen LogP contribution in [0.1, 0.15) is 75.0 Å². The standard InChI is InChI=1S/C21H31N3O3/c1-20(2,27)4-5-24(3)18(26)16-12-22-19(23-17(16)25)21-9-13-6-14(10-21)8-15(7-13)11-21/h12-15,27H,4-11H2,1-3H3,(H,22,23,25). The molecule has 0 atom stereocenters. The normalized spacial score (nSPS) is 31.9. The highest BCUT2D eigenvalue weighted by atomic mass is 16.3. The smallest absolute Gasteiger partial charge is 0.263 e. The van der Waals surface area contributed by atoms with Crippen molar-refractivity contribution in [2.45, 2.75) is 69.8 Å². The lowest BCUT2D eigenvalue weighted by Crippen LogP contribution is -2.50. The molecule has 6 heteroatoms. The van der Waals surface area contributed by atoms with E-state index < -0.39 is 5.60 Å². The van der Waals surface area contributed by atoms with Gasteiger partial charge in [0.1, 0.15) is 11.4 Å². The molecular weight excluding hydrogens is 342 g/mol. The van der Waals surface area contributed by atoms with Gasteiger partial charge in [-0.25, -0.2) is 4.98 Å². The Morgan fingerprint density at radius 1 is 1.26 bits per heavy atom. The SMILES string of the molecule is CN(CCC(C)(C)O)C(=O)c1cnc(C23CC4CC(CC(C4)C2)C3)[nH]c1=O. The first-order valence-electron chi connectivity index (χ1n) is 10.2. The van der Waals surface area contributed by atoms with E-state index >= 15 is 0 Å². The number of aromatic amines is 1. The fourth-order valence-corrected chi connectivity index (χ4v) is 5.97. The van der Waals surface area contributed by atoms with Gasteiger partial charge in [0, 0.05) is 25.2 Å². The zero-order valence-electron chi connectivity index (χ0n) is 16.6. The third kappa shape index (κ3) is 3.56. The molecule has 5 rings (SSSR count). The third-order valence-corrected chi connectivity index (χ3v) is 6.98. The molecule has 0 unspecified atom stereocenters. The molecule has 27 heavy (non-hydrogen) atoms. The number of nitrogens with zero attached hydrogens (tertiary/aromatic N) is 2. The summed E-state index contributed by atoms with van der Waals surface area (Å²) in [6.07, 6.45) is 9.31. The van der Waals surface area contributed by atoms with Gasteiger partial charge in [0.05, 0.1) is 5.60 Å². The van der Waals surface area contributed by atoms with Crippen LogP contribution < -0.4 is 5.56 Å². The van der Waals surface area contributed by atoms with Crippen molar-refractivity contribution in [2.24, 2.45) is 17.8 Å². The Balaban J connectivity index is 1.53. The van der Waals surface area contributed by atoms with Gasteiger partial charge >= 0.3 is 0 Å². The number of rotatable bonds is 5. The van der Waals surface area contributed by atoms with Crippen LogP contribution in [-0.2, 0) is 5.41 Å². The van der Waals surface area contributed by atoms with E-state index in [-0.39, 0.29) is 22.4 Å². The first-order valence-corrected chi connectivity index (χ1v) is 10.2. The number of hydrogen-bond acceptors (Lipinski definition) is 4. The fourth-order valence-electron chi connectivity index (χ4n) is 5.97. The van der Waals surface area contributed by atoms with Crippen molar-refractivity contribution in [2.75, 3.05) is 13.6 Å². The van der Waals surface area contributed by atoms with Crippen LogP contribution in [0.25, 0.3) is 0 Å². The number of aliphatic hydroxyl groups is 1. The maximum atomic E-state index is 12.7. The van der Waals surface area contributed by atoms with Gasteiger partial charge in [0.15, 0.2) is 0 Å². The summed E-state index contributed by atoms with van der Waals surface area (Å²) in [5.74, 6) is 2.77. The highest BCUT2D eigenvalue weighted by molar-refractivity contribution is 5.93. The van der Waals surface area contributed by atoms with Gasteiger partial charge < -0.3 is 15.0 Å². The van der Waals surface area contributed by atoms with E-state index in [9.17, 15) is 14.7 Å². The van der Waals surface area contributed by atoms with E-state index in [0.29, 0.717) is 13.0 Å². The minimum atomic E-state index is -0.846. The second kappa shape index (κ2) is 6.43. The van der Waals surface area contributed by atoms with Crippen molar-refractivity contribution in [3.8, 4) is 0 Å². The molecule has 148 valence electrons. The van der Waals surface area contributed by atoms with E-state index in [4.69, 9.17) is 0 Å². The molecule has 0 spiro atoms. The lowest BCUT2D eigenvalue weighted by molar-refractivity contribution is -0.00955. The van der Waals surface area contributed by atoms with E-state index in [2.05, 4.69) is 9.97 Å². The van der Waals surface area contributed by atoms with E-state index in [1.54, 1.807) is 20.9 Å². The molecule has 1 amide bonds.